The van der Waals surface area contributed by atoms with Crippen LogP contribution in [0, 0.1) is 0 Å². The van der Waals surface area contributed by atoms with E-state index in [9.17, 15) is 9.59 Å². The highest BCUT2D eigenvalue weighted by Crippen LogP contribution is 2.30. The molecule has 156 valence electrons. The molecule has 11 heteroatoms. The van der Waals surface area contributed by atoms with Crippen LogP contribution in [0.4, 0.5) is 9.80 Å². The highest BCUT2D eigenvalue weighted by molar-refractivity contribution is 7.11. The van der Waals surface area contributed by atoms with Crippen LogP contribution in [-0.2, 0) is 11.3 Å². The van der Waals surface area contributed by atoms with Gasteiger partial charge in [-0.05, 0) is 29.2 Å². The molecule has 1 saturated heterocycles. The summed E-state index contributed by atoms with van der Waals surface area (Å²) in [5.74, 6) is -0.644. The molecule has 3 amide bonds. The van der Waals surface area contributed by atoms with E-state index in [1.807, 2.05) is 0 Å². The molecule has 0 atom stereocenters. The Labute approximate surface area is 177 Å². The molecule has 9 nitrogen and oxygen atoms in total. The largest absolute Gasteiger partial charge is 0.472 e. The lowest BCUT2D eigenvalue weighted by atomic mass is 10.2. The summed E-state index contributed by atoms with van der Waals surface area (Å²) in [6.45, 7) is 4.47. The van der Waals surface area contributed by atoms with Crippen LogP contribution in [0.2, 0.25) is 5.02 Å². The van der Waals surface area contributed by atoms with Crippen molar-refractivity contribution in [3.8, 4) is 5.88 Å². The molecular weight excluding hydrogens is 418 g/mol. The Morgan fingerprint density at radius 1 is 1.28 bits per heavy atom. The molecule has 29 heavy (non-hydrogen) atoms. The molecule has 2 heterocycles. The van der Waals surface area contributed by atoms with E-state index < -0.39 is 11.9 Å². The van der Waals surface area contributed by atoms with Gasteiger partial charge in [-0.15, -0.1) is 0 Å². The van der Waals surface area contributed by atoms with Crippen molar-refractivity contribution in [2.45, 2.75) is 6.61 Å². The van der Waals surface area contributed by atoms with E-state index in [4.69, 9.17) is 26.8 Å². The fourth-order valence-corrected chi connectivity index (χ4v) is 3.57. The molecule has 1 aliphatic rings. The van der Waals surface area contributed by atoms with Crippen molar-refractivity contribution in [2.75, 3.05) is 44.7 Å². The molecule has 1 aliphatic heterocycles. The Balaban J connectivity index is 1.53. The number of benzene rings is 1. The van der Waals surface area contributed by atoms with E-state index in [-0.39, 0.29) is 23.1 Å². The highest BCUT2D eigenvalue weighted by Gasteiger charge is 2.22. The van der Waals surface area contributed by atoms with Crippen molar-refractivity contribution in [1.29, 1.82) is 0 Å². The first-order chi connectivity index (χ1) is 14.0. The topological polar surface area (TPSA) is 119 Å². The van der Waals surface area contributed by atoms with E-state index in [0.717, 1.165) is 36.7 Å². The van der Waals surface area contributed by atoms with Crippen molar-refractivity contribution < 1.29 is 19.1 Å². The molecule has 0 saturated carbocycles. The second-order valence-corrected chi connectivity index (χ2v) is 7.52. The number of nitrogens with zero attached hydrogens (tertiary/aromatic N) is 2. The maximum absolute atomic E-state index is 12.2. The number of amides is 3. The SMILES string of the molecule is NC(=O)c1c(OCc2ccc(Cl)cc2)nsc1NC(=O)NCCN1CCOCC1. The third-order valence-electron chi connectivity index (χ3n) is 4.24. The van der Waals surface area contributed by atoms with Crippen LogP contribution >= 0.6 is 23.1 Å². The van der Waals surface area contributed by atoms with Gasteiger partial charge in [-0.3, -0.25) is 15.0 Å². The maximum Gasteiger partial charge on any atom is 0.319 e. The van der Waals surface area contributed by atoms with Crippen molar-refractivity contribution in [2.24, 2.45) is 5.73 Å². The molecule has 0 bridgehead atoms. The minimum absolute atomic E-state index is 0.0484. The van der Waals surface area contributed by atoms with Gasteiger partial charge in [0, 0.05) is 31.2 Å². The number of anilines is 1. The summed E-state index contributed by atoms with van der Waals surface area (Å²) in [7, 11) is 0. The molecular formula is C18H22ClN5O4S. The Hall–Kier alpha value is -2.40. The van der Waals surface area contributed by atoms with Crippen LogP contribution in [0.5, 0.6) is 5.88 Å². The number of carbonyl (C=O) groups is 2. The second-order valence-electron chi connectivity index (χ2n) is 6.31. The van der Waals surface area contributed by atoms with Crippen LogP contribution in [0.3, 0.4) is 0 Å². The fourth-order valence-electron chi connectivity index (χ4n) is 2.71. The number of rotatable bonds is 8. The summed E-state index contributed by atoms with van der Waals surface area (Å²) in [4.78, 5) is 26.2. The van der Waals surface area contributed by atoms with Gasteiger partial charge >= 0.3 is 6.03 Å². The quantitative estimate of drug-likeness (QED) is 0.578. The lowest BCUT2D eigenvalue weighted by Crippen LogP contribution is -2.42. The Kier molecular flexibility index (Phi) is 7.64. The zero-order valence-electron chi connectivity index (χ0n) is 15.7. The maximum atomic E-state index is 12.2. The van der Waals surface area contributed by atoms with Gasteiger partial charge in [0.05, 0.1) is 13.2 Å². The first-order valence-electron chi connectivity index (χ1n) is 9.04. The lowest BCUT2D eigenvalue weighted by Gasteiger charge is -2.26. The number of hydrogen-bond acceptors (Lipinski definition) is 7. The number of primary amides is 1. The fraction of sp³-hybridized carbons (Fsp3) is 0.389. The number of ether oxygens (including phenoxy) is 2. The predicted octanol–water partition coefficient (Wildman–Crippen LogP) is 1.93. The van der Waals surface area contributed by atoms with Crippen LogP contribution < -0.4 is 21.1 Å². The van der Waals surface area contributed by atoms with Crippen molar-refractivity contribution >= 4 is 40.1 Å². The van der Waals surface area contributed by atoms with E-state index in [1.165, 1.54) is 0 Å². The van der Waals surface area contributed by atoms with Crippen molar-refractivity contribution in [1.82, 2.24) is 14.6 Å². The van der Waals surface area contributed by atoms with E-state index in [2.05, 4.69) is 19.9 Å². The summed E-state index contributed by atoms with van der Waals surface area (Å²) >= 11 is 6.80. The number of halogens is 1. The second kappa shape index (κ2) is 10.4. The summed E-state index contributed by atoms with van der Waals surface area (Å²) in [5, 5.41) is 6.24. The van der Waals surface area contributed by atoms with E-state index in [0.29, 0.717) is 24.8 Å². The summed E-state index contributed by atoms with van der Waals surface area (Å²) in [6.07, 6.45) is 0. The van der Waals surface area contributed by atoms with E-state index >= 15 is 0 Å². The molecule has 3 rings (SSSR count). The first-order valence-corrected chi connectivity index (χ1v) is 10.2. The number of carbonyl (C=O) groups excluding carboxylic acids is 2. The number of urea groups is 1. The molecule has 0 unspecified atom stereocenters. The molecule has 4 N–H and O–H groups in total. The lowest BCUT2D eigenvalue weighted by molar-refractivity contribution is 0.0388. The van der Waals surface area contributed by atoms with Crippen LogP contribution in [0.25, 0.3) is 0 Å². The van der Waals surface area contributed by atoms with Gasteiger partial charge < -0.3 is 20.5 Å². The smallest absolute Gasteiger partial charge is 0.319 e. The number of aromatic nitrogens is 1. The number of morpholine rings is 1. The van der Waals surface area contributed by atoms with Gasteiger partial charge in [-0.2, -0.15) is 4.37 Å². The molecule has 0 spiro atoms. The Morgan fingerprint density at radius 2 is 2.00 bits per heavy atom. The Bertz CT molecular complexity index is 839. The normalized spacial score (nSPS) is 14.4. The summed E-state index contributed by atoms with van der Waals surface area (Å²) < 4.78 is 15.0. The van der Waals surface area contributed by atoms with Crippen molar-refractivity contribution in [3.05, 3.63) is 40.4 Å². The minimum atomic E-state index is -0.728. The predicted molar refractivity (Wildman–Crippen MR) is 111 cm³/mol. The van der Waals surface area contributed by atoms with Gasteiger partial charge in [0.25, 0.3) is 5.91 Å². The van der Waals surface area contributed by atoms with E-state index in [1.54, 1.807) is 24.3 Å². The molecule has 1 aromatic heterocycles. The van der Waals surface area contributed by atoms with Crippen LogP contribution in [0.15, 0.2) is 24.3 Å². The standard InChI is InChI=1S/C18H22ClN5O4S/c19-13-3-1-12(2-4-13)11-28-16-14(15(20)25)17(29-23-16)22-18(26)21-5-6-24-7-9-27-10-8-24/h1-4H,5-11H2,(H2,20,25)(H2,21,22,26). The van der Waals surface area contributed by atoms with Gasteiger partial charge in [0.1, 0.15) is 17.2 Å². The number of hydrogen-bond donors (Lipinski definition) is 3. The van der Waals surface area contributed by atoms with Crippen LogP contribution in [0.1, 0.15) is 15.9 Å². The Morgan fingerprint density at radius 3 is 2.69 bits per heavy atom. The van der Waals surface area contributed by atoms with Gasteiger partial charge in [0.15, 0.2) is 0 Å². The molecule has 0 radical (unpaired) electrons. The van der Waals surface area contributed by atoms with Gasteiger partial charge in [-0.25, -0.2) is 4.79 Å². The monoisotopic (exact) mass is 439 g/mol. The third kappa shape index (κ3) is 6.29. The molecule has 1 fully saturated rings. The molecule has 2 aromatic rings. The molecule has 1 aromatic carbocycles. The first kappa shape index (κ1) is 21.3. The third-order valence-corrected chi connectivity index (χ3v) is 5.24. The summed E-state index contributed by atoms with van der Waals surface area (Å²) in [5.41, 5.74) is 6.37. The number of nitrogens with one attached hydrogen (secondary N) is 2. The zero-order chi connectivity index (χ0) is 20.6. The van der Waals surface area contributed by atoms with Crippen LogP contribution in [-0.4, -0.2) is 60.6 Å². The average Bonchev–Trinajstić information content (AvgIpc) is 3.11. The number of nitrogens with two attached hydrogens (primary N) is 1. The molecule has 0 aliphatic carbocycles. The van der Waals surface area contributed by atoms with Gasteiger partial charge in [-0.1, -0.05) is 23.7 Å². The zero-order valence-corrected chi connectivity index (χ0v) is 17.2. The summed E-state index contributed by atoms with van der Waals surface area (Å²) in [6, 6.07) is 6.66. The average molecular weight is 440 g/mol. The van der Waals surface area contributed by atoms with Gasteiger partial charge in [0.2, 0.25) is 5.88 Å². The highest BCUT2D eigenvalue weighted by atomic mass is 35.5. The minimum Gasteiger partial charge on any atom is -0.472 e. The van der Waals surface area contributed by atoms with Crippen molar-refractivity contribution in [3.63, 3.8) is 0 Å².